The molecule has 128 valence electrons. The lowest BCUT2D eigenvalue weighted by molar-refractivity contribution is -0.116. The molecule has 1 heterocycles. The van der Waals surface area contributed by atoms with Gasteiger partial charge in [-0.1, -0.05) is 12.1 Å². The Hall–Kier alpha value is -3.08. The Labute approximate surface area is 145 Å². The number of methoxy groups -OCH3 is 1. The first-order valence-corrected chi connectivity index (χ1v) is 8.02. The minimum Gasteiger partial charge on any atom is -0.497 e. The van der Waals surface area contributed by atoms with Crippen LogP contribution in [0.5, 0.6) is 5.75 Å². The van der Waals surface area contributed by atoms with Gasteiger partial charge in [0.05, 0.1) is 7.11 Å². The summed E-state index contributed by atoms with van der Waals surface area (Å²) in [4.78, 5) is 24.9. The third-order valence-electron chi connectivity index (χ3n) is 4.17. The van der Waals surface area contributed by atoms with Crippen LogP contribution in [0.4, 0.5) is 5.69 Å². The van der Waals surface area contributed by atoms with Crippen LogP contribution < -0.4 is 15.6 Å². The number of fused-ring (bicyclic) bond motifs is 1. The molecule has 0 fully saturated rings. The molecule has 0 saturated heterocycles. The largest absolute Gasteiger partial charge is 0.497 e. The lowest BCUT2D eigenvalue weighted by atomic mass is 10.1. The van der Waals surface area contributed by atoms with Crippen molar-refractivity contribution in [2.24, 2.45) is 0 Å². The standard InChI is InChI=1S/C20H20N2O3/c1-13-4-5-14(2)18(10-13)21-19(23)12-22-9-8-15-11-16(25-3)6-7-17(15)20(22)24/h4-11H,12H2,1-3H3,(H,21,23). The number of nitrogens with one attached hydrogen (secondary N) is 1. The van der Waals surface area contributed by atoms with E-state index in [1.54, 1.807) is 31.5 Å². The fraction of sp³-hybridized carbons (Fsp3) is 0.200. The van der Waals surface area contributed by atoms with Crippen molar-refractivity contribution in [2.45, 2.75) is 20.4 Å². The Balaban J connectivity index is 1.85. The maximum atomic E-state index is 12.6. The number of pyridine rings is 1. The third kappa shape index (κ3) is 3.55. The maximum absolute atomic E-state index is 12.6. The Morgan fingerprint density at radius 1 is 1.12 bits per heavy atom. The zero-order valence-electron chi connectivity index (χ0n) is 14.5. The molecule has 1 aromatic heterocycles. The van der Waals surface area contributed by atoms with Crippen molar-refractivity contribution in [1.82, 2.24) is 4.57 Å². The number of hydrogen-bond donors (Lipinski definition) is 1. The molecule has 25 heavy (non-hydrogen) atoms. The number of carbonyl (C=O) groups is 1. The third-order valence-corrected chi connectivity index (χ3v) is 4.17. The van der Waals surface area contributed by atoms with Gasteiger partial charge in [-0.15, -0.1) is 0 Å². The number of carbonyl (C=O) groups excluding carboxylic acids is 1. The van der Waals surface area contributed by atoms with Gasteiger partial charge in [0.15, 0.2) is 0 Å². The number of rotatable bonds is 4. The van der Waals surface area contributed by atoms with E-state index in [4.69, 9.17) is 4.74 Å². The average molecular weight is 336 g/mol. The molecular weight excluding hydrogens is 316 g/mol. The van der Waals surface area contributed by atoms with E-state index in [9.17, 15) is 9.59 Å². The molecule has 0 radical (unpaired) electrons. The van der Waals surface area contributed by atoms with Gasteiger partial charge in [-0.3, -0.25) is 9.59 Å². The van der Waals surface area contributed by atoms with E-state index in [0.717, 1.165) is 22.2 Å². The van der Waals surface area contributed by atoms with E-state index >= 15 is 0 Å². The van der Waals surface area contributed by atoms with Crippen molar-refractivity contribution in [2.75, 3.05) is 12.4 Å². The van der Waals surface area contributed by atoms with Crippen LogP contribution in [0, 0.1) is 13.8 Å². The number of ether oxygens (including phenoxy) is 1. The van der Waals surface area contributed by atoms with Gasteiger partial charge in [0.1, 0.15) is 12.3 Å². The molecule has 0 unspecified atom stereocenters. The highest BCUT2D eigenvalue weighted by Crippen LogP contribution is 2.18. The molecule has 0 aliphatic carbocycles. The van der Waals surface area contributed by atoms with Gasteiger partial charge < -0.3 is 14.6 Å². The van der Waals surface area contributed by atoms with Gasteiger partial charge in [0.25, 0.3) is 5.56 Å². The van der Waals surface area contributed by atoms with Crippen LogP contribution in [0.1, 0.15) is 11.1 Å². The summed E-state index contributed by atoms with van der Waals surface area (Å²) in [7, 11) is 1.58. The van der Waals surface area contributed by atoms with E-state index < -0.39 is 0 Å². The predicted molar refractivity (Wildman–Crippen MR) is 99.3 cm³/mol. The van der Waals surface area contributed by atoms with Gasteiger partial charge in [-0.05, 0) is 60.7 Å². The molecule has 3 aromatic rings. The van der Waals surface area contributed by atoms with E-state index in [1.807, 2.05) is 38.1 Å². The Kier molecular flexibility index (Phi) is 4.57. The molecule has 1 N–H and O–H groups in total. The van der Waals surface area contributed by atoms with Gasteiger partial charge in [0.2, 0.25) is 5.91 Å². The highest BCUT2D eigenvalue weighted by molar-refractivity contribution is 5.91. The molecular formula is C20H20N2O3. The van der Waals surface area contributed by atoms with Gasteiger partial charge >= 0.3 is 0 Å². The number of hydrogen-bond acceptors (Lipinski definition) is 3. The number of benzene rings is 2. The average Bonchev–Trinajstić information content (AvgIpc) is 2.60. The summed E-state index contributed by atoms with van der Waals surface area (Å²) in [5.74, 6) is 0.459. The quantitative estimate of drug-likeness (QED) is 0.795. The van der Waals surface area contributed by atoms with E-state index in [2.05, 4.69) is 5.32 Å². The lowest BCUT2D eigenvalue weighted by Gasteiger charge is -2.11. The van der Waals surface area contributed by atoms with Crippen molar-refractivity contribution < 1.29 is 9.53 Å². The Morgan fingerprint density at radius 2 is 1.92 bits per heavy atom. The van der Waals surface area contributed by atoms with E-state index in [0.29, 0.717) is 11.1 Å². The van der Waals surface area contributed by atoms with Crippen molar-refractivity contribution in [3.05, 3.63) is 70.1 Å². The molecule has 1 amide bonds. The molecule has 0 bridgehead atoms. The topological polar surface area (TPSA) is 60.3 Å². The second kappa shape index (κ2) is 6.81. The minimum atomic E-state index is -0.233. The van der Waals surface area contributed by atoms with Crippen molar-refractivity contribution in [3.63, 3.8) is 0 Å². The number of aryl methyl sites for hydroxylation is 2. The summed E-state index contributed by atoms with van der Waals surface area (Å²) in [5, 5.41) is 4.22. The summed E-state index contributed by atoms with van der Waals surface area (Å²) in [5.41, 5.74) is 2.62. The predicted octanol–water partition coefficient (Wildman–Crippen LogP) is 3.27. The number of amides is 1. The van der Waals surface area contributed by atoms with Crippen molar-refractivity contribution >= 4 is 22.4 Å². The molecule has 2 aromatic carbocycles. The first kappa shape index (κ1) is 16.8. The molecule has 0 spiro atoms. The van der Waals surface area contributed by atoms with Crippen LogP contribution in [-0.2, 0) is 11.3 Å². The molecule has 0 aliphatic heterocycles. The van der Waals surface area contributed by atoms with Crippen molar-refractivity contribution in [3.8, 4) is 5.75 Å². The van der Waals surface area contributed by atoms with Crippen LogP contribution in [-0.4, -0.2) is 17.6 Å². The molecule has 0 saturated carbocycles. The smallest absolute Gasteiger partial charge is 0.258 e. The Morgan fingerprint density at radius 3 is 2.68 bits per heavy atom. The molecule has 3 rings (SSSR count). The number of aromatic nitrogens is 1. The number of anilines is 1. The summed E-state index contributed by atoms with van der Waals surface area (Å²) in [6.07, 6.45) is 1.63. The monoisotopic (exact) mass is 336 g/mol. The fourth-order valence-corrected chi connectivity index (χ4v) is 2.73. The Bertz CT molecular complexity index is 1010. The summed E-state index contributed by atoms with van der Waals surface area (Å²) in [6, 6.07) is 12.9. The number of nitrogens with zero attached hydrogens (tertiary/aromatic N) is 1. The maximum Gasteiger partial charge on any atom is 0.258 e. The van der Waals surface area contributed by atoms with Crippen LogP contribution in [0.15, 0.2) is 53.5 Å². The zero-order chi connectivity index (χ0) is 18.0. The van der Waals surface area contributed by atoms with Gasteiger partial charge in [-0.2, -0.15) is 0 Å². The fourth-order valence-electron chi connectivity index (χ4n) is 2.73. The minimum absolute atomic E-state index is 0.0335. The summed E-state index contributed by atoms with van der Waals surface area (Å²) in [6.45, 7) is 3.87. The normalized spacial score (nSPS) is 10.7. The van der Waals surface area contributed by atoms with Crippen LogP contribution in [0.25, 0.3) is 10.8 Å². The SMILES string of the molecule is COc1ccc2c(=O)n(CC(=O)Nc3cc(C)ccc3C)ccc2c1. The summed E-state index contributed by atoms with van der Waals surface area (Å²) >= 11 is 0. The van der Waals surface area contributed by atoms with Gasteiger partial charge in [0, 0.05) is 17.3 Å². The molecule has 0 atom stereocenters. The van der Waals surface area contributed by atoms with E-state index in [-0.39, 0.29) is 18.0 Å². The summed E-state index contributed by atoms with van der Waals surface area (Å²) < 4.78 is 6.58. The first-order chi connectivity index (χ1) is 12.0. The molecule has 5 nitrogen and oxygen atoms in total. The van der Waals surface area contributed by atoms with Crippen LogP contribution in [0.2, 0.25) is 0 Å². The van der Waals surface area contributed by atoms with Gasteiger partial charge in [-0.25, -0.2) is 0 Å². The first-order valence-electron chi connectivity index (χ1n) is 8.02. The second-order valence-electron chi connectivity index (χ2n) is 6.07. The second-order valence-corrected chi connectivity index (χ2v) is 6.07. The van der Waals surface area contributed by atoms with E-state index in [1.165, 1.54) is 4.57 Å². The molecule has 0 aliphatic rings. The lowest BCUT2D eigenvalue weighted by Crippen LogP contribution is -2.27. The van der Waals surface area contributed by atoms with Crippen molar-refractivity contribution in [1.29, 1.82) is 0 Å². The zero-order valence-corrected chi connectivity index (χ0v) is 14.5. The molecule has 5 heteroatoms. The highest BCUT2D eigenvalue weighted by atomic mass is 16.5. The van der Waals surface area contributed by atoms with Crippen LogP contribution in [0.3, 0.4) is 0 Å². The van der Waals surface area contributed by atoms with Crippen LogP contribution >= 0.6 is 0 Å². The highest BCUT2D eigenvalue weighted by Gasteiger charge is 2.09.